The molecule has 1 aliphatic carbocycles. The highest BCUT2D eigenvalue weighted by molar-refractivity contribution is 5.32. The van der Waals surface area contributed by atoms with Crippen LogP contribution in [0.5, 0.6) is 5.75 Å². The number of hydrogen-bond donors (Lipinski definition) is 2. The summed E-state index contributed by atoms with van der Waals surface area (Å²) < 4.78 is 18.4. The average molecular weight is 266 g/mol. The van der Waals surface area contributed by atoms with Crippen molar-refractivity contribution in [2.75, 3.05) is 7.11 Å². The van der Waals surface area contributed by atoms with Crippen molar-refractivity contribution in [1.29, 1.82) is 0 Å². The largest absolute Gasteiger partial charge is 0.494 e. The fourth-order valence-electron chi connectivity index (χ4n) is 2.68. The van der Waals surface area contributed by atoms with Crippen LogP contribution in [-0.4, -0.2) is 19.2 Å². The second-order valence-electron chi connectivity index (χ2n) is 5.39. The van der Waals surface area contributed by atoms with Gasteiger partial charge >= 0.3 is 0 Å². The van der Waals surface area contributed by atoms with Crippen molar-refractivity contribution in [3.63, 3.8) is 0 Å². The fraction of sp³-hybridized carbons (Fsp3) is 0.600. The maximum absolute atomic E-state index is 13.4. The molecule has 1 fully saturated rings. The van der Waals surface area contributed by atoms with E-state index in [-0.39, 0.29) is 11.9 Å². The fourth-order valence-corrected chi connectivity index (χ4v) is 2.68. The number of rotatable bonds is 4. The zero-order valence-corrected chi connectivity index (χ0v) is 11.7. The Morgan fingerprint density at radius 3 is 2.63 bits per heavy atom. The van der Waals surface area contributed by atoms with Crippen molar-refractivity contribution >= 4 is 0 Å². The summed E-state index contributed by atoms with van der Waals surface area (Å²) in [5.74, 6) is -0.0149. The molecule has 1 saturated carbocycles. The van der Waals surface area contributed by atoms with E-state index in [9.17, 15) is 4.39 Å². The third-order valence-corrected chi connectivity index (χ3v) is 3.93. The Morgan fingerprint density at radius 1 is 1.32 bits per heavy atom. The number of nitrogens with one attached hydrogen (secondary N) is 1. The summed E-state index contributed by atoms with van der Waals surface area (Å²) in [6.45, 7) is 2.10. The third-order valence-electron chi connectivity index (χ3n) is 3.93. The first-order valence-corrected chi connectivity index (χ1v) is 6.95. The molecule has 3 N–H and O–H groups in total. The summed E-state index contributed by atoms with van der Waals surface area (Å²) in [4.78, 5) is 0. The molecule has 0 aromatic heterocycles. The molecule has 2 rings (SSSR count). The number of hydrogen-bond acceptors (Lipinski definition) is 3. The van der Waals surface area contributed by atoms with Crippen molar-refractivity contribution in [3.05, 3.63) is 29.6 Å². The summed E-state index contributed by atoms with van der Waals surface area (Å²) >= 11 is 0. The Labute approximate surface area is 114 Å². The van der Waals surface area contributed by atoms with Gasteiger partial charge in [-0.25, -0.2) is 4.39 Å². The number of methoxy groups -OCH3 is 1. The van der Waals surface area contributed by atoms with Crippen molar-refractivity contribution in [2.24, 2.45) is 5.73 Å². The van der Waals surface area contributed by atoms with Crippen LogP contribution in [0.2, 0.25) is 0 Å². The Hall–Kier alpha value is -1.13. The van der Waals surface area contributed by atoms with Gasteiger partial charge in [0.1, 0.15) is 0 Å². The van der Waals surface area contributed by atoms with E-state index in [2.05, 4.69) is 12.2 Å². The van der Waals surface area contributed by atoms with E-state index >= 15 is 0 Å². The van der Waals surface area contributed by atoms with Crippen molar-refractivity contribution in [3.8, 4) is 5.75 Å². The summed E-state index contributed by atoms with van der Waals surface area (Å²) in [5.41, 5.74) is 6.96. The van der Waals surface area contributed by atoms with Crippen LogP contribution in [0.25, 0.3) is 0 Å². The minimum absolute atomic E-state index is 0.189. The van der Waals surface area contributed by atoms with Crippen molar-refractivity contribution < 1.29 is 9.13 Å². The van der Waals surface area contributed by atoms with Crippen LogP contribution >= 0.6 is 0 Å². The highest BCUT2D eigenvalue weighted by Gasteiger charge is 2.20. The molecule has 0 aliphatic heterocycles. The van der Waals surface area contributed by atoms with Gasteiger partial charge < -0.3 is 15.8 Å². The monoisotopic (exact) mass is 266 g/mol. The molecule has 0 spiro atoms. The normalized spacial score (nSPS) is 25.1. The highest BCUT2D eigenvalue weighted by atomic mass is 19.1. The van der Waals surface area contributed by atoms with Crippen LogP contribution in [0, 0.1) is 5.82 Å². The molecule has 0 heterocycles. The smallest absolute Gasteiger partial charge is 0.165 e. The maximum Gasteiger partial charge on any atom is 0.165 e. The molecule has 0 bridgehead atoms. The van der Waals surface area contributed by atoms with Gasteiger partial charge in [-0.1, -0.05) is 6.07 Å². The first kappa shape index (κ1) is 14.3. The standard InChI is InChI=1S/C15H23FN2O/c1-10(18-13-6-4-12(17)5-7-13)11-3-8-14(16)15(9-11)19-2/h3,8-10,12-13,18H,4-7,17H2,1-2H3. The molecular weight excluding hydrogens is 243 g/mol. The van der Waals surface area contributed by atoms with Gasteiger partial charge in [0, 0.05) is 18.1 Å². The molecule has 106 valence electrons. The van der Waals surface area contributed by atoms with E-state index in [0.717, 1.165) is 31.2 Å². The molecule has 1 atom stereocenters. The van der Waals surface area contributed by atoms with Crippen LogP contribution in [0.1, 0.15) is 44.2 Å². The lowest BCUT2D eigenvalue weighted by molar-refractivity contribution is 0.321. The Bertz CT molecular complexity index is 417. The first-order valence-electron chi connectivity index (χ1n) is 6.95. The minimum atomic E-state index is -0.318. The number of nitrogens with two attached hydrogens (primary N) is 1. The molecular formula is C15H23FN2O. The van der Waals surface area contributed by atoms with Crippen LogP contribution in [0.3, 0.4) is 0 Å². The van der Waals surface area contributed by atoms with Crippen LogP contribution in [0.15, 0.2) is 18.2 Å². The van der Waals surface area contributed by atoms with Gasteiger partial charge in [-0.15, -0.1) is 0 Å². The second-order valence-corrected chi connectivity index (χ2v) is 5.39. The van der Waals surface area contributed by atoms with E-state index < -0.39 is 0 Å². The summed E-state index contributed by atoms with van der Waals surface area (Å²) in [7, 11) is 1.49. The van der Waals surface area contributed by atoms with Gasteiger partial charge in [0.2, 0.25) is 0 Å². The summed E-state index contributed by atoms with van der Waals surface area (Å²) in [6, 6.07) is 6.09. The van der Waals surface area contributed by atoms with Gasteiger partial charge in [0.25, 0.3) is 0 Å². The molecule has 1 aromatic rings. The molecule has 19 heavy (non-hydrogen) atoms. The van der Waals surface area contributed by atoms with Crippen LogP contribution < -0.4 is 15.8 Å². The second kappa shape index (κ2) is 6.35. The maximum atomic E-state index is 13.4. The van der Waals surface area contributed by atoms with Gasteiger partial charge in [-0.2, -0.15) is 0 Å². The summed E-state index contributed by atoms with van der Waals surface area (Å²) in [6.07, 6.45) is 4.39. The Kier molecular flexibility index (Phi) is 4.77. The lowest BCUT2D eigenvalue weighted by Crippen LogP contribution is -2.38. The van der Waals surface area contributed by atoms with Crippen molar-refractivity contribution in [1.82, 2.24) is 5.32 Å². The van der Waals surface area contributed by atoms with E-state index in [1.165, 1.54) is 13.2 Å². The summed E-state index contributed by atoms with van der Waals surface area (Å²) in [5, 5.41) is 3.59. The molecule has 1 aromatic carbocycles. The lowest BCUT2D eigenvalue weighted by Gasteiger charge is -2.29. The van der Waals surface area contributed by atoms with E-state index in [0.29, 0.717) is 17.8 Å². The first-order chi connectivity index (χ1) is 9.10. The quantitative estimate of drug-likeness (QED) is 0.881. The van der Waals surface area contributed by atoms with Crippen LogP contribution in [0.4, 0.5) is 4.39 Å². The molecule has 3 nitrogen and oxygen atoms in total. The SMILES string of the molecule is COc1cc(C(C)NC2CCC(N)CC2)ccc1F. The van der Waals surface area contributed by atoms with E-state index in [1.54, 1.807) is 6.07 Å². The predicted octanol–water partition coefficient (Wildman–Crippen LogP) is 2.75. The molecule has 4 heteroatoms. The van der Waals surface area contributed by atoms with E-state index in [4.69, 9.17) is 10.5 Å². The Balaban J connectivity index is 1.97. The van der Waals surface area contributed by atoms with Gasteiger partial charge in [-0.05, 0) is 50.3 Å². The molecule has 0 radical (unpaired) electrons. The van der Waals surface area contributed by atoms with E-state index in [1.807, 2.05) is 6.07 Å². The topological polar surface area (TPSA) is 47.3 Å². The minimum Gasteiger partial charge on any atom is -0.494 e. The number of ether oxygens (including phenoxy) is 1. The van der Waals surface area contributed by atoms with Crippen LogP contribution in [-0.2, 0) is 0 Å². The highest BCUT2D eigenvalue weighted by Crippen LogP contribution is 2.25. The van der Waals surface area contributed by atoms with Gasteiger partial charge in [-0.3, -0.25) is 0 Å². The zero-order chi connectivity index (χ0) is 13.8. The van der Waals surface area contributed by atoms with Crippen molar-refractivity contribution in [2.45, 2.75) is 50.7 Å². The average Bonchev–Trinajstić information content (AvgIpc) is 2.42. The molecule has 0 saturated heterocycles. The molecule has 1 unspecified atom stereocenters. The lowest BCUT2D eigenvalue weighted by atomic mass is 9.91. The molecule has 0 amide bonds. The Morgan fingerprint density at radius 2 is 2.00 bits per heavy atom. The van der Waals surface area contributed by atoms with Gasteiger partial charge in [0.15, 0.2) is 11.6 Å². The number of benzene rings is 1. The van der Waals surface area contributed by atoms with Gasteiger partial charge in [0.05, 0.1) is 7.11 Å². The predicted molar refractivity (Wildman–Crippen MR) is 74.7 cm³/mol. The third kappa shape index (κ3) is 3.67. The molecule has 1 aliphatic rings. The number of halogens is 1. The zero-order valence-electron chi connectivity index (χ0n) is 11.7.